The van der Waals surface area contributed by atoms with Gasteiger partial charge in [0.05, 0.1) is 17.7 Å². The Morgan fingerprint density at radius 2 is 2.04 bits per heavy atom. The number of nitrogens with two attached hydrogens (primary N) is 1. The van der Waals surface area contributed by atoms with Crippen molar-refractivity contribution in [2.24, 2.45) is 0 Å². The van der Waals surface area contributed by atoms with Crippen molar-refractivity contribution in [3.05, 3.63) is 18.1 Å². The number of aliphatic hydroxyl groups is 4. The number of nitrogen functional groups attached to an aromatic ring is 1. The summed E-state index contributed by atoms with van der Waals surface area (Å²) in [5.74, 6) is 5.47. The number of aromatic nitrogens is 3. The van der Waals surface area contributed by atoms with Gasteiger partial charge in [0.25, 0.3) is 0 Å². The maximum Gasteiger partial charge on any atom is 0.165 e. The van der Waals surface area contributed by atoms with Gasteiger partial charge in [0.2, 0.25) is 0 Å². The van der Waals surface area contributed by atoms with Gasteiger partial charge in [-0.3, -0.25) is 4.57 Å². The van der Waals surface area contributed by atoms with Gasteiger partial charge in [-0.15, -0.1) is 0 Å². The number of rotatable bonds is 2. The van der Waals surface area contributed by atoms with E-state index in [4.69, 9.17) is 15.6 Å². The fourth-order valence-electron chi connectivity index (χ4n) is 2.63. The molecular weight excluding hydrogens is 304 g/mol. The molecule has 0 amide bonds. The molecule has 0 bridgehead atoms. The van der Waals surface area contributed by atoms with Gasteiger partial charge in [0, 0.05) is 0 Å². The molecule has 0 aromatic carbocycles. The SMILES string of the molecule is Nc1ncnc2c1cc(C#CCO)n2C1OC(CO)C(O)C1O. The van der Waals surface area contributed by atoms with E-state index >= 15 is 0 Å². The molecule has 23 heavy (non-hydrogen) atoms. The van der Waals surface area contributed by atoms with Crippen LogP contribution in [0.4, 0.5) is 5.82 Å². The van der Waals surface area contributed by atoms with E-state index in [2.05, 4.69) is 21.8 Å². The van der Waals surface area contributed by atoms with Crippen LogP contribution in [0.15, 0.2) is 12.4 Å². The summed E-state index contributed by atoms with van der Waals surface area (Å²) in [7, 11) is 0. The second kappa shape index (κ2) is 6.11. The zero-order chi connectivity index (χ0) is 16.6. The van der Waals surface area contributed by atoms with Gasteiger partial charge >= 0.3 is 0 Å². The van der Waals surface area contributed by atoms with E-state index in [0.717, 1.165) is 0 Å². The van der Waals surface area contributed by atoms with Gasteiger partial charge in [0.15, 0.2) is 6.23 Å². The quantitative estimate of drug-likeness (QED) is 0.398. The van der Waals surface area contributed by atoms with Gasteiger partial charge in [-0.25, -0.2) is 9.97 Å². The molecule has 4 unspecified atom stereocenters. The first-order valence-corrected chi connectivity index (χ1v) is 6.92. The summed E-state index contributed by atoms with van der Waals surface area (Å²) >= 11 is 0. The van der Waals surface area contributed by atoms with Crippen molar-refractivity contribution in [1.29, 1.82) is 0 Å². The van der Waals surface area contributed by atoms with E-state index in [1.807, 2.05) is 0 Å². The van der Waals surface area contributed by atoms with E-state index in [1.54, 1.807) is 6.07 Å². The van der Waals surface area contributed by atoms with Crippen LogP contribution in [-0.4, -0.2) is 66.5 Å². The van der Waals surface area contributed by atoms with Crippen LogP contribution < -0.4 is 5.73 Å². The molecule has 2 aromatic heterocycles. The lowest BCUT2D eigenvalue weighted by Crippen LogP contribution is -2.33. The Bertz CT molecular complexity index is 781. The molecule has 0 radical (unpaired) electrons. The van der Waals surface area contributed by atoms with E-state index in [0.29, 0.717) is 16.7 Å². The molecule has 3 heterocycles. The Balaban J connectivity index is 2.17. The minimum Gasteiger partial charge on any atom is -0.394 e. The summed E-state index contributed by atoms with van der Waals surface area (Å²) in [5, 5.41) is 38.8. The third-order valence-electron chi connectivity index (χ3n) is 3.73. The molecule has 4 atom stereocenters. The molecular formula is C14H16N4O5. The Morgan fingerprint density at radius 1 is 1.26 bits per heavy atom. The van der Waals surface area contributed by atoms with Crippen LogP contribution in [0, 0.1) is 11.8 Å². The van der Waals surface area contributed by atoms with Gasteiger partial charge in [-0.05, 0) is 12.0 Å². The topological polar surface area (TPSA) is 147 Å². The maximum absolute atomic E-state index is 10.2. The number of hydrogen-bond acceptors (Lipinski definition) is 8. The summed E-state index contributed by atoms with van der Waals surface area (Å²) in [6.07, 6.45) is -3.20. The highest BCUT2D eigenvalue weighted by Gasteiger charge is 2.44. The molecule has 3 rings (SSSR count). The van der Waals surface area contributed by atoms with Crippen LogP contribution in [-0.2, 0) is 4.74 Å². The van der Waals surface area contributed by atoms with Crippen molar-refractivity contribution in [3.8, 4) is 11.8 Å². The molecule has 122 valence electrons. The van der Waals surface area contributed by atoms with E-state index < -0.39 is 31.1 Å². The number of aliphatic hydroxyl groups excluding tert-OH is 4. The van der Waals surface area contributed by atoms with Gasteiger partial charge in [-0.2, -0.15) is 0 Å². The molecule has 9 heteroatoms. The van der Waals surface area contributed by atoms with Crippen LogP contribution in [0.5, 0.6) is 0 Å². The fourth-order valence-corrected chi connectivity index (χ4v) is 2.63. The lowest BCUT2D eigenvalue weighted by Gasteiger charge is -2.18. The summed E-state index contributed by atoms with van der Waals surface area (Å²) in [6.45, 7) is -0.790. The summed E-state index contributed by atoms with van der Waals surface area (Å²) in [6, 6.07) is 1.61. The first-order valence-electron chi connectivity index (χ1n) is 6.92. The second-order valence-corrected chi connectivity index (χ2v) is 5.08. The summed E-state index contributed by atoms with van der Waals surface area (Å²) in [4.78, 5) is 8.03. The fraction of sp³-hybridized carbons (Fsp3) is 0.429. The zero-order valence-electron chi connectivity index (χ0n) is 12.0. The number of ether oxygens (including phenoxy) is 1. The van der Waals surface area contributed by atoms with Gasteiger partial charge in [0.1, 0.15) is 42.7 Å². The highest BCUT2D eigenvalue weighted by Crippen LogP contribution is 2.34. The Morgan fingerprint density at radius 3 is 2.70 bits per heavy atom. The largest absolute Gasteiger partial charge is 0.394 e. The van der Waals surface area contributed by atoms with Crippen molar-refractivity contribution in [3.63, 3.8) is 0 Å². The Hall–Kier alpha value is -2.22. The molecule has 6 N–H and O–H groups in total. The number of nitrogens with zero attached hydrogens (tertiary/aromatic N) is 3. The van der Waals surface area contributed by atoms with Crippen LogP contribution in [0.25, 0.3) is 11.0 Å². The van der Waals surface area contributed by atoms with Crippen molar-refractivity contribution in [1.82, 2.24) is 14.5 Å². The minimum atomic E-state index is -1.28. The molecule has 9 nitrogen and oxygen atoms in total. The molecule has 1 aliphatic heterocycles. The molecule has 1 aliphatic rings. The van der Waals surface area contributed by atoms with E-state index in [1.165, 1.54) is 10.9 Å². The van der Waals surface area contributed by atoms with Crippen molar-refractivity contribution >= 4 is 16.9 Å². The Labute approximate surface area is 131 Å². The lowest BCUT2D eigenvalue weighted by molar-refractivity contribution is -0.0511. The van der Waals surface area contributed by atoms with E-state index in [9.17, 15) is 15.3 Å². The highest BCUT2D eigenvalue weighted by atomic mass is 16.6. The summed E-state index contributed by atoms with van der Waals surface area (Å²) < 4.78 is 7.00. The smallest absolute Gasteiger partial charge is 0.165 e. The molecule has 2 aromatic rings. The lowest BCUT2D eigenvalue weighted by atomic mass is 10.1. The van der Waals surface area contributed by atoms with Crippen LogP contribution in [0.3, 0.4) is 0 Å². The maximum atomic E-state index is 10.2. The molecule has 1 fully saturated rings. The molecule has 0 saturated carbocycles. The summed E-state index contributed by atoms with van der Waals surface area (Å²) in [5.41, 5.74) is 6.58. The standard InChI is InChI=1S/C14H16N4O5/c15-12-8-4-7(2-1-3-19)18(13(8)17-6-16-12)14-11(22)10(21)9(5-20)23-14/h4,6,9-11,14,19-22H,3,5H2,(H2,15,16,17). The zero-order valence-corrected chi connectivity index (χ0v) is 12.0. The van der Waals surface area contributed by atoms with Crippen LogP contribution >= 0.6 is 0 Å². The third-order valence-corrected chi connectivity index (χ3v) is 3.73. The van der Waals surface area contributed by atoms with Crippen LogP contribution in [0.1, 0.15) is 11.9 Å². The van der Waals surface area contributed by atoms with Gasteiger partial charge < -0.3 is 30.9 Å². The van der Waals surface area contributed by atoms with Crippen molar-refractivity contribution in [2.75, 3.05) is 18.9 Å². The van der Waals surface area contributed by atoms with Crippen molar-refractivity contribution in [2.45, 2.75) is 24.5 Å². The highest BCUT2D eigenvalue weighted by molar-refractivity contribution is 5.88. The van der Waals surface area contributed by atoms with Crippen LogP contribution in [0.2, 0.25) is 0 Å². The second-order valence-electron chi connectivity index (χ2n) is 5.08. The number of hydrogen-bond donors (Lipinski definition) is 5. The number of anilines is 1. The van der Waals surface area contributed by atoms with E-state index in [-0.39, 0.29) is 12.4 Å². The monoisotopic (exact) mass is 320 g/mol. The Kier molecular flexibility index (Phi) is 4.16. The minimum absolute atomic E-state index is 0.229. The number of fused-ring (bicyclic) bond motifs is 1. The third kappa shape index (κ3) is 2.52. The average molecular weight is 320 g/mol. The molecule has 0 aliphatic carbocycles. The normalized spacial score (nSPS) is 27.1. The molecule has 0 spiro atoms. The first kappa shape index (κ1) is 15.7. The predicted octanol–water partition coefficient (Wildman–Crippen LogP) is -2.03. The average Bonchev–Trinajstić information content (AvgIpc) is 3.05. The predicted molar refractivity (Wildman–Crippen MR) is 78.9 cm³/mol. The van der Waals surface area contributed by atoms with Gasteiger partial charge in [-0.1, -0.05) is 5.92 Å². The first-order chi connectivity index (χ1) is 11.1. The van der Waals surface area contributed by atoms with Crippen molar-refractivity contribution < 1.29 is 25.2 Å². The molecule has 1 saturated heterocycles.